The SMILES string of the molecule is CC(O)C(O)c1c(Cl)cncc1Cl. The maximum Gasteiger partial charge on any atom is 0.108 e. The number of aliphatic hydroxyl groups is 2. The Morgan fingerprint density at radius 2 is 1.69 bits per heavy atom. The quantitative estimate of drug-likeness (QED) is 0.802. The van der Waals surface area contributed by atoms with E-state index in [1.54, 1.807) is 0 Å². The van der Waals surface area contributed by atoms with Crippen molar-refractivity contribution in [2.24, 2.45) is 0 Å². The van der Waals surface area contributed by atoms with Crippen molar-refractivity contribution >= 4 is 23.2 Å². The summed E-state index contributed by atoms with van der Waals surface area (Å²) in [5, 5.41) is 19.1. The highest BCUT2D eigenvalue weighted by Crippen LogP contribution is 2.30. The summed E-state index contributed by atoms with van der Waals surface area (Å²) in [5.74, 6) is 0. The molecular formula is C8H9Cl2NO2. The molecule has 1 aromatic rings. The van der Waals surface area contributed by atoms with Gasteiger partial charge in [-0.3, -0.25) is 4.98 Å². The highest BCUT2D eigenvalue weighted by Gasteiger charge is 2.19. The Bertz CT molecular complexity index is 284. The minimum absolute atomic E-state index is 0.251. The lowest BCUT2D eigenvalue weighted by atomic mass is 10.1. The van der Waals surface area contributed by atoms with Gasteiger partial charge >= 0.3 is 0 Å². The standard InChI is InChI=1S/C8H9Cl2NO2/c1-4(12)8(13)7-5(9)2-11-3-6(7)10/h2-4,8,12-13H,1H3. The molecule has 0 aliphatic heterocycles. The van der Waals surface area contributed by atoms with Gasteiger partial charge in [-0.2, -0.15) is 0 Å². The predicted molar refractivity (Wildman–Crippen MR) is 50.9 cm³/mol. The van der Waals surface area contributed by atoms with Crippen LogP contribution >= 0.6 is 23.2 Å². The van der Waals surface area contributed by atoms with E-state index < -0.39 is 12.2 Å². The number of aromatic nitrogens is 1. The molecule has 2 unspecified atom stereocenters. The van der Waals surface area contributed by atoms with Gasteiger partial charge in [0.15, 0.2) is 0 Å². The normalized spacial score (nSPS) is 15.5. The van der Waals surface area contributed by atoms with Gasteiger partial charge in [-0.15, -0.1) is 0 Å². The van der Waals surface area contributed by atoms with Gasteiger partial charge in [0.05, 0.1) is 16.1 Å². The van der Waals surface area contributed by atoms with Crippen molar-refractivity contribution in [2.45, 2.75) is 19.1 Å². The lowest BCUT2D eigenvalue weighted by Crippen LogP contribution is -2.14. The fourth-order valence-electron chi connectivity index (χ4n) is 0.945. The largest absolute Gasteiger partial charge is 0.390 e. The molecule has 0 aromatic carbocycles. The Balaban J connectivity index is 3.12. The van der Waals surface area contributed by atoms with Crippen molar-refractivity contribution in [1.29, 1.82) is 0 Å². The summed E-state index contributed by atoms with van der Waals surface area (Å²) < 4.78 is 0. The Morgan fingerprint density at radius 3 is 2.08 bits per heavy atom. The third-order valence-electron chi connectivity index (χ3n) is 1.64. The van der Waals surface area contributed by atoms with E-state index in [-0.39, 0.29) is 10.0 Å². The summed E-state index contributed by atoms with van der Waals surface area (Å²) in [6.45, 7) is 1.46. The summed E-state index contributed by atoms with van der Waals surface area (Å²) in [6, 6.07) is 0. The van der Waals surface area contributed by atoms with E-state index in [4.69, 9.17) is 28.3 Å². The van der Waals surface area contributed by atoms with Crippen LogP contribution in [0.15, 0.2) is 12.4 Å². The fraction of sp³-hybridized carbons (Fsp3) is 0.375. The molecule has 0 aliphatic rings. The minimum atomic E-state index is -1.08. The van der Waals surface area contributed by atoms with Gasteiger partial charge in [0.25, 0.3) is 0 Å². The number of aliphatic hydroxyl groups excluding tert-OH is 2. The van der Waals surface area contributed by atoms with E-state index >= 15 is 0 Å². The molecule has 2 N–H and O–H groups in total. The second kappa shape index (κ2) is 4.24. The molecule has 0 aliphatic carbocycles. The second-order valence-corrected chi connectivity index (χ2v) is 3.52. The first-order valence-corrected chi connectivity index (χ1v) is 4.44. The van der Waals surface area contributed by atoms with Crippen LogP contribution in [-0.2, 0) is 0 Å². The molecule has 1 aromatic heterocycles. The summed E-state index contributed by atoms with van der Waals surface area (Å²) >= 11 is 11.5. The van der Waals surface area contributed by atoms with Gasteiger partial charge in [0.2, 0.25) is 0 Å². The number of halogens is 2. The number of rotatable bonds is 2. The zero-order valence-electron chi connectivity index (χ0n) is 6.91. The molecule has 0 amide bonds. The first-order valence-electron chi connectivity index (χ1n) is 3.69. The van der Waals surface area contributed by atoms with E-state index in [0.29, 0.717) is 5.56 Å². The zero-order valence-corrected chi connectivity index (χ0v) is 8.42. The average molecular weight is 222 g/mol. The maximum atomic E-state index is 9.51. The van der Waals surface area contributed by atoms with E-state index in [9.17, 15) is 5.11 Å². The number of pyridine rings is 1. The fourth-order valence-corrected chi connectivity index (χ4v) is 1.53. The molecule has 13 heavy (non-hydrogen) atoms. The molecule has 1 heterocycles. The molecule has 0 fully saturated rings. The third kappa shape index (κ3) is 2.31. The van der Waals surface area contributed by atoms with Crippen molar-refractivity contribution in [3.63, 3.8) is 0 Å². The van der Waals surface area contributed by atoms with E-state index in [0.717, 1.165) is 0 Å². The number of hydrogen-bond donors (Lipinski definition) is 2. The van der Waals surface area contributed by atoms with Crippen LogP contribution < -0.4 is 0 Å². The third-order valence-corrected chi connectivity index (χ3v) is 2.25. The first kappa shape index (κ1) is 10.7. The highest BCUT2D eigenvalue weighted by molar-refractivity contribution is 6.35. The molecule has 2 atom stereocenters. The second-order valence-electron chi connectivity index (χ2n) is 2.70. The van der Waals surface area contributed by atoms with E-state index in [1.165, 1.54) is 19.3 Å². The maximum absolute atomic E-state index is 9.51. The van der Waals surface area contributed by atoms with E-state index in [1.807, 2.05) is 0 Å². The molecular weight excluding hydrogens is 213 g/mol. The van der Waals surface area contributed by atoms with Crippen LogP contribution in [0.25, 0.3) is 0 Å². The van der Waals surface area contributed by atoms with Gasteiger partial charge < -0.3 is 10.2 Å². The zero-order chi connectivity index (χ0) is 10.0. The van der Waals surface area contributed by atoms with Gasteiger partial charge in [0, 0.05) is 18.0 Å². The molecule has 0 saturated heterocycles. The van der Waals surface area contributed by atoms with Gasteiger partial charge in [0.1, 0.15) is 6.10 Å². The Morgan fingerprint density at radius 1 is 1.23 bits per heavy atom. The molecule has 72 valence electrons. The molecule has 3 nitrogen and oxygen atoms in total. The topological polar surface area (TPSA) is 53.4 Å². The van der Waals surface area contributed by atoms with Crippen molar-refractivity contribution in [3.8, 4) is 0 Å². The highest BCUT2D eigenvalue weighted by atomic mass is 35.5. The molecule has 0 spiro atoms. The molecule has 0 saturated carbocycles. The molecule has 0 bridgehead atoms. The monoisotopic (exact) mass is 221 g/mol. The van der Waals surface area contributed by atoms with Gasteiger partial charge in [-0.25, -0.2) is 0 Å². The van der Waals surface area contributed by atoms with Crippen molar-refractivity contribution < 1.29 is 10.2 Å². The molecule has 5 heteroatoms. The van der Waals surface area contributed by atoms with Crippen LogP contribution in [0.2, 0.25) is 10.0 Å². The lowest BCUT2D eigenvalue weighted by molar-refractivity contribution is 0.0306. The molecule has 1 rings (SSSR count). The number of nitrogens with zero attached hydrogens (tertiary/aromatic N) is 1. The predicted octanol–water partition coefficient (Wildman–Crippen LogP) is 1.80. The van der Waals surface area contributed by atoms with Gasteiger partial charge in [-0.05, 0) is 6.92 Å². The summed E-state index contributed by atoms with van der Waals surface area (Å²) in [6.07, 6.45) is 0.739. The minimum Gasteiger partial charge on any atom is -0.390 e. The lowest BCUT2D eigenvalue weighted by Gasteiger charge is -2.16. The Hall–Kier alpha value is -0.350. The Kier molecular flexibility index (Phi) is 3.50. The van der Waals surface area contributed by atoms with Crippen molar-refractivity contribution in [1.82, 2.24) is 4.98 Å². The summed E-state index contributed by atoms with van der Waals surface area (Å²) in [7, 11) is 0. The van der Waals surface area contributed by atoms with Crippen LogP contribution in [0.3, 0.4) is 0 Å². The Labute approximate surface area is 85.9 Å². The summed E-state index contributed by atoms with van der Waals surface area (Å²) in [4.78, 5) is 3.73. The van der Waals surface area contributed by atoms with Crippen molar-refractivity contribution in [2.75, 3.05) is 0 Å². The average Bonchev–Trinajstić information content (AvgIpc) is 2.03. The van der Waals surface area contributed by atoms with Crippen LogP contribution in [-0.4, -0.2) is 21.3 Å². The van der Waals surface area contributed by atoms with Gasteiger partial charge in [-0.1, -0.05) is 23.2 Å². The van der Waals surface area contributed by atoms with Crippen LogP contribution in [0.4, 0.5) is 0 Å². The van der Waals surface area contributed by atoms with Crippen LogP contribution in [0.1, 0.15) is 18.6 Å². The number of hydrogen-bond acceptors (Lipinski definition) is 3. The summed E-state index contributed by atoms with van der Waals surface area (Å²) in [5.41, 5.74) is 0.313. The van der Waals surface area contributed by atoms with Crippen LogP contribution in [0.5, 0.6) is 0 Å². The van der Waals surface area contributed by atoms with Crippen LogP contribution in [0, 0.1) is 0 Å². The molecule has 0 radical (unpaired) electrons. The smallest absolute Gasteiger partial charge is 0.108 e. The first-order chi connectivity index (χ1) is 6.04. The van der Waals surface area contributed by atoms with Crippen molar-refractivity contribution in [3.05, 3.63) is 28.0 Å². The van der Waals surface area contributed by atoms with E-state index in [2.05, 4.69) is 4.98 Å².